The van der Waals surface area contributed by atoms with Crippen LogP contribution in [-0.2, 0) is 0 Å². The van der Waals surface area contributed by atoms with E-state index < -0.39 is 22.6 Å². The molecule has 1 amide bonds. The third-order valence-electron chi connectivity index (χ3n) is 6.33. The Morgan fingerprint density at radius 1 is 1.16 bits per heavy atom. The number of carbonyl (C=O) groups is 1. The van der Waals surface area contributed by atoms with Crippen LogP contribution >= 0.6 is 11.6 Å². The highest BCUT2D eigenvalue weighted by atomic mass is 35.5. The van der Waals surface area contributed by atoms with Crippen molar-refractivity contribution in [3.63, 3.8) is 0 Å². The predicted octanol–water partition coefficient (Wildman–Crippen LogP) is 6.09. The van der Waals surface area contributed by atoms with Gasteiger partial charge in [0.05, 0.1) is 16.1 Å². The van der Waals surface area contributed by atoms with E-state index in [0.717, 1.165) is 5.56 Å². The number of amides is 1. The van der Waals surface area contributed by atoms with Crippen LogP contribution < -0.4 is 10.1 Å². The van der Waals surface area contributed by atoms with Crippen LogP contribution in [0, 0.1) is 28.0 Å². The highest BCUT2D eigenvalue weighted by Crippen LogP contribution is 2.55. The van der Waals surface area contributed by atoms with Gasteiger partial charge in [0.1, 0.15) is 23.7 Å². The number of hydrogen-bond donors (Lipinski definition) is 1. The summed E-state index contributed by atoms with van der Waals surface area (Å²) in [6.07, 6.45) is -0.220. The van der Waals surface area contributed by atoms with Crippen molar-refractivity contribution in [1.82, 2.24) is 5.32 Å². The molecule has 1 aliphatic rings. The van der Waals surface area contributed by atoms with Crippen LogP contribution in [-0.4, -0.2) is 18.1 Å². The first kappa shape index (κ1) is 23.1. The molecule has 31 heavy (non-hydrogen) atoms. The number of nitrogens with zero attached hydrogens (tertiary/aromatic N) is 1. The summed E-state index contributed by atoms with van der Waals surface area (Å²) >= 11 is 6.13. The molecule has 2 aromatic rings. The van der Waals surface area contributed by atoms with Crippen molar-refractivity contribution in [2.45, 2.75) is 59.6 Å². The molecule has 0 aromatic heterocycles. The maximum atomic E-state index is 14.6. The molecule has 1 aliphatic carbocycles. The van der Waals surface area contributed by atoms with E-state index in [0.29, 0.717) is 16.3 Å². The third kappa shape index (κ3) is 4.14. The van der Waals surface area contributed by atoms with Gasteiger partial charge in [-0.1, -0.05) is 59.2 Å². The molecule has 164 valence electrons. The van der Waals surface area contributed by atoms with Crippen molar-refractivity contribution < 1.29 is 13.9 Å². The fourth-order valence-corrected chi connectivity index (χ4v) is 5.09. The fourth-order valence-electron chi connectivity index (χ4n) is 4.88. The van der Waals surface area contributed by atoms with Crippen LogP contribution in [0.4, 0.5) is 4.39 Å². The topological polar surface area (TPSA) is 62.1 Å². The van der Waals surface area contributed by atoms with Crippen molar-refractivity contribution >= 4 is 17.5 Å². The van der Waals surface area contributed by atoms with Crippen LogP contribution in [0.15, 0.2) is 36.4 Å². The number of nitriles is 1. The molecule has 0 saturated heterocycles. The van der Waals surface area contributed by atoms with Gasteiger partial charge in [0, 0.05) is 22.9 Å². The zero-order valence-corrected chi connectivity index (χ0v) is 19.5. The van der Waals surface area contributed by atoms with Crippen LogP contribution in [0.2, 0.25) is 5.02 Å². The number of carbonyl (C=O) groups excluding carboxylic acids is 1. The van der Waals surface area contributed by atoms with Crippen molar-refractivity contribution in [1.29, 1.82) is 5.26 Å². The highest BCUT2D eigenvalue weighted by Gasteiger charge is 2.64. The smallest absolute Gasteiger partial charge is 0.254 e. The molecule has 0 spiro atoms. The van der Waals surface area contributed by atoms with Gasteiger partial charge in [-0.3, -0.25) is 4.79 Å². The van der Waals surface area contributed by atoms with E-state index in [4.69, 9.17) is 21.6 Å². The van der Waals surface area contributed by atoms with Gasteiger partial charge in [0.15, 0.2) is 0 Å². The first-order valence-electron chi connectivity index (χ1n) is 10.4. The third-order valence-corrected chi connectivity index (χ3v) is 6.65. The Balaban J connectivity index is 1.77. The lowest BCUT2D eigenvalue weighted by Gasteiger charge is -2.63. The summed E-state index contributed by atoms with van der Waals surface area (Å²) in [4.78, 5) is 12.9. The van der Waals surface area contributed by atoms with Crippen LogP contribution in [0.3, 0.4) is 0 Å². The monoisotopic (exact) mass is 442 g/mol. The Bertz CT molecular complexity index is 1040. The maximum Gasteiger partial charge on any atom is 0.254 e. The summed E-state index contributed by atoms with van der Waals surface area (Å²) in [5.41, 5.74) is 0.464. The number of benzene rings is 2. The van der Waals surface area contributed by atoms with Crippen LogP contribution in [0.25, 0.3) is 0 Å². The van der Waals surface area contributed by atoms with Crippen molar-refractivity contribution in [2.24, 2.45) is 10.8 Å². The first-order chi connectivity index (χ1) is 14.4. The van der Waals surface area contributed by atoms with Gasteiger partial charge in [-0.2, -0.15) is 5.26 Å². The lowest BCUT2D eigenvalue weighted by Crippen LogP contribution is -2.74. The summed E-state index contributed by atoms with van der Waals surface area (Å²) in [5, 5.41) is 12.4. The van der Waals surface area contributed by atoms with Gasteiger partial charge < -0.3 is 10.1 Å². The maximum absolute atomic E-state index is 14.6. The van der Waals surface area contributed by atoms with Gasteiger partial charge >= 0.3 is 0 Å². The molecule has 6 heteroatoms. The van der Waals surface area contributed by atoms with E-state index >= 15 is 0 Å². The number of halogens is 2. The summed E-state index contributed by atoms with van der Waals surface area (Å²) in [6.45, 7) is 12.0. The molecule has 4 nitrogen and oxygen atoms in total. The molecule has 0 unspecified atom stereocenters. The Morgan fingerprint density at radius 2 is 1.81 bits per heavy atom. The zero-order valence-electron chi connectivity index (χ0n) is 18.7. The molecular formula is C25H28ClFN2O2. The Kier molecular flexibility index (Phi) is 6.08. The standard InChI is InChI=1S/C25H28ClFN2O2/c1-14(2)15-8-10-18(20(27)11-15)21(30)29-22-24(3,4)23(25(22,5)6)31-17-9-7-16(13-28)19(26)12-17/h7-12,14,22-23H,1-6H3,(H,29,30). The summed E-state index contributed by atoms with van der Waals surface area (Å²) in [7, 11) is 0. The highest BCUT2D eigenvalue weighted by molar-refractivity contribution is 6.31. The molecule has 3 rings (SSSR count). The van der Waals surface area contributed by atoms with E-state index in [1.54, 1.807) is 30.3 Å². The second-order valence-electron chi connectivity index (χ2n) is 9.69. The minimum Gasteiger partial charge on any atom is -0.489 e. The largest absolute Gasteiger partial charge is 0.489 e. The van der Waals surface area contributed by atoms with Crippen molar-refractivity contribution in [3.05, 3.63) is 63.9 Å². The molecule has 0 bridgehead atoms. The second kappa shape index (κ2) is 8.16. The van der Waals surface area contributed by atoms with E-state index in [-0.39, 0.29) is 23.6 Å². The van der Waals surface area contributed by atoms with Gasteiger partial charge in [-0.05, 0) is 35.7 Å². The van der Waals surface area contributed by atoms with Crippen molar-refractivity contribution in [3.8, 4) is 11.8 Å². The normalized spacial score (nSPS) is 21.2. The van der Waals surface area contributed by atoms with Gasteiger partial charge in [-0.15, -0.1) is 0 Å². The minimum absolute atomic E-state index is 0.0410. The van der Waals surface area contributed by atoms with Gasteiger partial charge in [-0.25, -0.2) is 4.39 Å². The molecule has 0 atom stereocenters. The molecule has 1 fully saturated rings. The Morgan fingerprint density at radius 3 is 2.32 bits per heavy atom. The summed E-state index contributed by atoms with van der Waals surface area (Å²) in [5.74, 6) is -0.197. The van der Waals surface area contributed by atoms with Gasteiger partial charge in [0.2, 0.25) is 0 Å². The predicted molar refractivity (Wildman–Crippen MR) is 120 cm³/mol. The van der Waals surface area contributed by atoms with E-state index in [1.807, 2.05) is 47.6 Å². The summed E-state index contributed by atoms with van der Waals surface area (Å²) < 4.78 is 20.8. The average Bonchev–Trinajstić information content (AvgIpc) is 2.69. The molecule has 1 N–H and O–H groups in total. The lowest BCUT2D eigenvalue weighted by atomic mass is 9.49. The number of ether oxygens (including phenoxy) is 1. The molecule has 1 saturated carbocycles. The molecular weight excluding hydrogens is 415 g/mol. The van der Waals surface area contributed by atoms with E-state index in [1.165, 1.54) is 6.07 Å². The average molecular weight is 443 g/mol. The first-order valence-corrected chi connectivity index (χ1v) is 10.7. The lowest BCUT2D eigenvalue weighted by molar-refractivity contribution is -0.164. The van der Waals surface area contributed by atoms with Crippen molar-refractivity contribution in [2.75, 3.05) is 0 Å². The number of hydrogen-bond acceptors (Lipinski definition) is 3. The summed E-state index contributed by atoms with van der Waals surface area (Å²) in [6, 6.07) is 11.5. The quantitative estimate of drug-likeness (QED) is 0.609. The molecule has 0 aliphatic heterocycles. The van der Waals surface area contributed by atoms with Gasteiger partial charge in [0.25, 0.3) is 5.91 Å². The molecule has 2 aromatic carbocycles. The van der Waals surface area contributed by atoms with Crippen LogP contribution in [0.5, 0.6) is 5.75 Å². The number of nitrogens with one attached hydrogen (secondary N) is 1. The SMILES string of the molecule is CC(C)c1ccc(C(=O)NC2C(C)(C)C(Oc3ccc(C#N)c(Cl)c3)C2(C)C)c(F)c1. The Hall–Kier alpha value is -2.58. The van der Waals surface area contributed by atoms with E-state index in [2.05, 4.69) is 5.32 Å². The molecule has 0 radical (unpaired) electrons. The Labute approximate surface area is 188 Å². The van der Waals surface area contributed by atoms with Crippen LogP contribution in [0.1, 0.15) is 68.9 Å². The second-order valence-corrected chi connectivity index (χ2v) is 10.1. The zero-order chi connectivity index (χ0) is 23.1. The number of rotatable bonds is 5. The van der Waals surface area contributed by atoms with E-state index in [9.17, 15) is 9.18 Å². The minimum atomic E-state index is -0.515. The molecule has 0 heterocycles. The fraction of sp³-hybridized carbons (Fsp3) is 0.440.